The van der Waals surface area contributed by atoms with E-state index in [0.717, 1.165) is 32.4 Å². The fourth-order valence-corrected chi connectivity index (χ4v) is 3.54. The summed E-state index contributed by atoms with van der Waals surface area (Å²) in [6.07, 6.45) is 3.54. The van der Waals surface area contributed by atoms with Gasteiger partial charge in [-0.25, -0.2) is 0 Å². The molecular weight excluding hydrogens is 354 g/mol. The van der Waals surface area contributed by atoms with Crippen LogP contribution < -0.4 is 9.47 Å². The van der Waals surface area contributed by atoms with Crippen LogP contribution in [0, 0.1) is 0 Å². The quantitative estimate of drug-likeness (QED) is 0.599. The van der Waals surface area contributed by atoms with Crippen LogP contribution >= 0.6 is 27.7 Å². The Morgan fingerprint density at radius 1 is 1.33 bits per heavy atom. The zero-order valence-electron chi connectivity index (χ0n) is 11.3. The molecule has 1 aliphatic heterocycles. The Labute approximate surface area is 135 Å². The first-order chi connectivity index (χ1) is 10.3. The van der Waals surface area contributed by atoms with E-state index in [1.165, 1.54) is 0 Å². The smallest absolute Gasteiger partial charge is 0.191 e. The van der Waals surface area contributed by atoms with Gasteiger partial charge >= 0.3 is 0 Å². The number of rotatable bonds is 5. The predicted molar refractivity (Wildman–Crippen MR) is 84.9 cm³/mol. The van der Waals surface area contributed by atoms with Crippen LogP contribution in [0.4, 0.5) is 0 Å². The monoisotopic (exact) mass is 367 g/mol. The van der Waals surface area contributed by atoms with Gasteiger partial charge in [-0.3, -0.25) is 0 Å². The first kappa shape index (κ1) is 14.5. The number of benzene rings is 1. The van der Waals surface area contributed by atoms with E-state index in [1.807, 2.05) is 22.8 Å². The maximum atomic E-state index is 5.62. The van der Waals surface area contributed by atoms with E-state index < -0.39 is 0 Å². The normalized spacial score (nSPS) is 13.2. The van der Waals surface area contributed by atoms with Crippen molar-refractivity contribution in [3.8, 4) is 11.5 Å². The molecule has 0 bridgehead atoms. The summed E-state index contributed by atoms with van der Waals surface area (Å²) >= 11 is 5.21. The minimum atomic E-state index is 0.592. The lowest BCUT2D eigenvalue weighted by molar-refractivity contribution is 0.171. The third-order valence-corrected chi connectivity index (χ3v) is 4.74. The molecule has 0 radical (unpaired) electrons. The van der Waals surface area contributed by atoms with Crippen LogP contribution in [-0.4, -0.2) is 28.0 Å². The summed E-state index contributed by atoms with van der Waals surface area (Å²) in [5.74, 6) is 2.36. The summed E-state index contributed by atoms with van der Waals surface area (Å²) in [6, 6.07) is 3.97. The Kier molecular flexibility index (Phi) is 4.50. The van der Waals surface area contributed by atoms with Gasteiger partial charge in [0.05, 0.1) is 0 Å². The van der Waals surface area contributed by atoms with Crippen LogP contribution in [-0.2, 0) is 12.3 Å². The van der Waals surface area contributed by atoms with Gasteiger partial charge in [0, 0.05) is 16.8 Å². The van der Waals surface area contributed by atoms with E-state index >= 15 is 0 Å². The molecule has 0 amide bonds. The lowest BCUT2D eigenvalue weighted by Crippen LogP contribution is -2.15. The zero-order chi connectivity index (χ0) is 14.7. The molecule has 0 unspecified atom stereocenters. The van der Waals surface area contributed by atoms with Gasteiger partial charge in [-0.05, 0) is 17.7 Å². The number of fused-ring (bicyclic) bond motifs is 1. The number of ether oxygens (including phenoxy) is 2. The lowest BCUT2D eigenvalue weighted by Gasteiger charge is -2.19. The molecule has 0 fully saturated rings. The molecule has 7 heteroatoms. The molecule has 3 rings (SSSR count). The molecule has 0 saturated heterocycles. The van der Waals surface area contributed by atoms with E-state index in [9.17, 15) is 0 Å². The summed E-state index contributed by atoms with van der Waals surface area (Å²) < 4.78 is 14.1. The highest BCUT2D eigenvalue weighted by atomic mass is 79.9. The third kappa shape index (κ3) is 3.24. The maximum Gasteiger partial charge on any atom is 0.191 e. The van der Waals surface area contributed by atoms with Gasteiger partial charge in [0.25, 0.3) is 0 Å². The minimum Gasteiger partial charge on any atom is -0.486 e. The van der Waals surface area contributed by atoms with Crippen LogP contribution in [0.1, 0.15) is 5.56 Å². The van der Waals surface area contributed by atoms with Gasteiger partial charge in [0.2, 0.25) is 0 Å². The number of hydrogen-bond acceptors (Lipinski definition) is 5. The Morgan fingerprint density at radius 3 is 2.86 bits per heavy atom. The first-order valence-corrected chi connectivity index (χ1v) is 8.25. The van der Waals surface area contributed by atoms with Crippen LogP contribution in [0.5, 0.6) is 11.5 Å². The second kappa shape index (κ2) is 6.53. The van der Waals surface area contributed by atoms with Gasteiger partial charge in [-0.1, -0.05) is 33.8 Å². The van der Waals surface area contributed by atoms with Gasteiger partial charge < -0.3 is 14.0 Å². The third-order valence-electron chi connectivity index (χ3n) is 2.97. The maximum absolute atomic E-state index is 5.62. The minimum absolute atomic E-state index is 0.592. The van der Waals surface area contributed by atoms with Crippen molar-refractivity contribution in [3.63, 3.8) is 0 Å². The summed E-state index contributed by atoms with van der Waals surface area (Å²) in [5, 5.41) is 8.93. The average molecular weight is 368 g/mol. The Bertz CT molecular complexity index is 660. The van der Waals surface area contributed by atoms with E-state index in [1.54, 1.807) is 18.1 Å². The topological polar surface area (TPSA) is 49.2 Å². The molecular formula is C14H14BrN3O2S. The summed E-state index contributed by atoms with van der Waals surface area (Å²) in [4.78, 5) is 0. The van der Waals surface area contributed by atoms with Gasteiger partial charge in [0.1, 0.15) is 19.5 Å². The summed E-state index contributed by atoms with van der Waals surface area (Å²) in [5.41, 5.74) is 1.14. The molecule has 0 saturated carbocycles. The molecule has 0 N–H and O–H groups in total. The van der Waals surface area contributed by atoms with E-state index in [4.69, 9.17) is 9.47 Å². The van der Waals surface area contributed by atoms with Crippen molar-refractivity contribution in [1.29, 1.82) is 0 Å². The number of nitrogens with zero attached hydrogens (tertiary/aromatic N) is 3. The average Bonchev–Trinajstić information content (AvgIpc) is 2.93. The highest BCUT2D eigenvalue weighted by Crippen LogP contribution is 2.37. The summed E-state index contributed by atoms with van der Waals surface area (Å²) in [6.45, 7) is 5.63. The predicted octanol–water partition coefficient (Wildman–Crippen LogP) is 3.29. The van der Waals surface area contributed by atoms with E-state index in [0.29, 0.717) is 19.8 Å². The molecule has 2 aromatic rings. The van der Waals surface area contributed by atoms with Gasteiger partial charge in [-0.15, -0.1) is 16.8 Å². The van der Waals surface area contributed by atoms with Crippen molar-refractivity contribution in [2.75, 3.05) is 13.2 Å². The Hall–Kier alpha value is -1.47. The van der Waals surface area contributed by atoms with Crippen molar-refractivity contribution in [3.05, 3.63) is 41.2 Å². The van der Waals surface area contributed by atoms with Crippen molar-refractivity contribution in [1.82, 2.24) is 14.8 Å². The van der Waals surface area contributed by atoms with Gasteiger partial charge in [0.15, 0.2) is 16.7 Å². The fourth-order valence-electron chi connectivity index (χ4n) is 1.98. The number of halogens is 1. The highest BCUT2D eigenvalue weighted by molar-refractivity contribution is 9.10. The fraction of sp³-hybridized carbons (Fsp3) is 0.286. The molecule has 0 aliphatic carbocycles. The largest absolute Gasteiger partial charge is 0.486 e. The molecule has 5 nitrogen and oxygen atoms in total. The SMILES string of the molecule is C=CCn1cnnc1SCc1cc2c(cc1Br)OCCO2. The first-order valence-electron chi connectivity index (χ1n) is 6.47. The number of allylic oxidation sites excluding steroid dienone is 1. The molecule has 1 aromatic heterocycles. The lowest BCUT2D eigenvalue weighted by atomic mass is 10.2. The zero-order valence-corrected chi connectivity index (χ0v) is 13.7. The van der Waals surface area contributed by atoms with E-state index in [2.05, 4.69) is 32.7 Å². The van der Waals surface area contributed by atoms with Crippen LogP contribution in [0.15, 0.2) is 40.7 Å². The second-order valence-corrected chi connectivity index (χ2v) is 6.23. The molecule has 0 atom stereocenters. The van der Waals surface area contributed by atoms with Crippen LogP contribution in [0.2, 0.25) is 0 Å². The number of hydrogen-bond donors (Lipinski definition) is 0. The second-order valence-electron chi connectivity index (χ2n) is 4.43. The van der Waals surface area contributed by atoms with Crippen LogP contribution in [0.3, 0.4) is 0 Å². The van der Waals surface area contributed by atoms with Gasteiger partial charge in [-0.2, -0.15) is 0 Å². The van der Waals surface area contributed by atoms with E-state index in [-0.39, 0.29) is 0 Å². The Balaban J connectivity index is 1.75. The standard InChI is InChI=1S/C14H14BrN3O2S/c1-2-3-18-9-16-17-14(18)21-8-10-6-12-13(7-11(10)15)20-5-4-19-12/h2,6-7,9H,1,3-5,8H2. The number of thioether (sulfide) groups is 1. The molecule has 2 heterocycles. The van der Waals surface area contributed by atoms with Crippen molar-refractivity contribution in [2.24, 2.45) is 0 Å². The molecule has 21 heavy (non-hydrogen) atoms. The van der Waals surface area contributed by atoms with Crippen molar-refractivity contribution >= 4 is 27.7 Å². The molecule has 1 aromatic carbocycles. The molecule has 110 valence electrons. The molecule has 1 aliphatic rings. The summed E-state index contributed by atoms with van der Waals surface area (Å²) in [7, 11) is 0. The number of aromatic nitrogens is 3. The molecule has 0 spiro atoms. The highest BCUT2D eigenvalue weighted by Gasteiger charge is 2.15. The Morgan fingerprint density at radius 2 is 2.10 bits per heavy atom. The van der Waals surface area contributed by atoms with Crippen molar-refractivity contribution < 1.29 is 9.47 Å². The van der Waals surface area contributed by atoms with Crippen molar-refractivity contribution in [2.45, 2.75) is 17.5 Å². The van der Waals surface area contributed by atoms with Crippen LogP contribution in [0.25, 0.3) is 0 Å².